The third-order valence-corrected chi connectivity index (χ3v) is 7.41. The van der Waals surface area contributed by atoms with E-state index in [1.807, 2.05) is 6.92 Å². The van der Waals surface area contributed by atoms with Crippen LogP contribution in [0.3, 0.4) is 0 Å². The summed E-state index contributed by atoms with van der Waals surface area (Å²) in [6.45, 7) is 0.388. The number of halogens is 6. The first-order chi connectivity index (χ1) is 20.7. The number of alkyl halides is 6. The van der Waals surface area contributed by atoms with Gasteiger partial charge in [-0.05, 0) is 25.3 Å². The van der Waals surface area contributed by atoms with Crippen LogP contribution in [-0.4, -0.2) is 46.9 Å². The van der Waals surface area contributed by atoms with Gasteiger partial charge >= 0.3 is 12.4 Å². The molecule has 1 saturated carbocycles. The Bertz CT molecular complexity index is 1930. The zero-order valence-electron chi connectivity index (χ0n) is 23.8. The molecule has 0 atom stereocenters. The second-order valence-electron chi connectivity index (χ2n) is 10.8. The zero-order valence-corrected chi connectivity index (χ0v) is 23.8. The van der Waals surface area contributed by atoms with E-state index in [0.29, 0.717) is 22.4 Å². The molecule has 230 valence electrons. The molecule has 1 aliphatic carbocycles. The van der Waals surface area contributed by atoms with Crippen molar-refractivity contribution in [3.63, 3.8) is 0 Å². The van der Waals surface area contributed by atoms with Crippen LogP contribution in [0.15, 0.2) is 42.7 Å². The van der Waals surface area contributed by atoms with Crippen LogP contribution in [0, 0.1) is 12.3 Å². The third kappa shape index (κ3) is 5.53. The lowest BCUT2D eigenvalue weighted by Gasteiger charge is -2.13. The minimum atomic E-state index is -4.61. The summed E-state index contributed by atoms with van der Waals surface area (Å²) in [5.74, 6) is 0.997. The summed E-state index contributed by atoms with van der Waals surface area (Å²) in [6.07, 6.45) is -5.18. The number of nitrogens with zero attached hydrogens (tertiary/aromatic N) is 7. The molecule has 4 heterocycles. The van der Waals surface area contributed by atoms with Crippen molar-refractivity contribution in [3.05, 3.63) is 71.0 Å². The van der Waals surface area contributed by atoms with E-state index in [1.54, 1.807) is 30.3 Å². The van der Waals surface area contributed by atoms with Gasteiger partial charge in [0.1, 0.15) is 23.6 Å². The first kappa shape index (κ1) is 29.4. The lowest BCUT2D eigenvalue weighted by molar-refractivity contribution is -0.141. The molecule has 4 aromatic heterocycles. The van der Waals surface area contributed by atoms with Gasteiger partial charge in [-0.3, -0.25) is 19.5 Å². The molecule has 9 nitrogen and oxygen atoms in total. The summed E-state index contributed by atoms with van der Waals surface area (Å²) in [6, 6.07) is 8.13. The molecule has 6 rings (SSSR count). The van der Waals surface area contributed by atoms with Crippen molar-refractivity contribution in [1.82, 2.24) is 33.6 Å². The number of ether oxygens (including phenoxy) is 1. The molecule has 0 aliphatic heterocycles. The molecule has 1 N–H and O–H groups in total. The number of fused-ring (bicyclic) bond motifs is 1. The Morgan fingerprint density at radius 2 is 1.70 bits per heavy atom. The van der Waals surface area contributed by atoms with Crippen molar-refractivity contribution in [2.75, 3.05) is 7.11 Å². The Hall–Kier alpha value is -4.69. The summed E-state index contributed by atoms with van der Waals surface area (Å²) in [4.78, 5) is 17.5. The number of benzene rings is 1. The largest absolute Gasteiger partial charge is 0.496 e. The van der Waals surface area contributed by atoms with E-state index in [0.717, 1.165) is 35.0 Å². The van der Waals surface area contributed by atoms with Gasteiger partial charge in [0.15, 0.2) is 17.2 Å². The number of pyridine rings is 1. The van der Waals surface area contributed by atoms with Crippen molar-refractivity contribution >= 4 is 11.2 Å². The van der Waals surface area contributed by atoms with Crippen molar-refractivity contribution in [3.8, 4) is 28.5 Å². The van der Waals surface area contributed by atoms with Crippen LogP contribution < -0.4 is 10.4 Å². The van der Waals surface area contributed by atoms with Gasteiger partial charge in [-0.1, -0.05) is 24.3 Å². The summed E-state index contributed by atoms with van der Waals surface area (Å²) in [5.41, 5.74) is 1.72. The predicted molar refractivity (Wildman–Crippen MR) is 147 cm³/mol. The van der Waals surface area contributed by atoms with Gasteiger partial charge in [-0.15, -0.1) is 0 Å². The minimum Gasteiger partial charge on any atom is -0.496 e. The van der Waals surface area contributed by atoms with E-state index < -0.39 is 30.2 Å². The maximum absolute atomic E-state index is 13.6. The van der Waals surface area contributed by atoms with Crippen LogP contribution in [0.5, 0.6) is 5.75 Å². The monoisotopic (exact) mass is 616 g/mol. The SMILES string of the molecule is COc1cc(C)nc(C2CC2)c1-c1ncc2c(n1)n(Cc1ccc(-c3nc(C(F)(F)F)cn3C)cc1)c(=N)n2CC(F)(F)F. The van der Waals surface area contributed by atoms with Crippen molar-refractivity contribution in [1.29, 1.82) is 5.41 Å². The molecule has 0 amide bonds. The number of aryl methyl sites for hydroxylation is 2. The molecular formula is C29H26F6N8O. The van der Waals surface area contributed by atoms with E-state index in [4.69, 9.17) is 10.1 Å². The lowest BCUT2D eigenvalue weighted by atomic mass is 10.1. The highest BCUT2D eigenvalue weighted by molar-refractivity contribution is 5.76. The normalized spacial score (nSPS) is 14.0. The van der Waals surface area contributed by atoms with Crippen molar-refractivity contribution < 1.29 is 31.1 Å². The second kappa shape index (κ2) is 10.5. The molecule has 0 saturated heterocycles. The van der Waals surface area contributed by atoms with Gasteiger partial charge in [-0.2, -0.15) is 26.3 Å². The average molecular weight is 617 g/mol. The maximum Gasteiger partial charge on any atom is 0.434 e. The van der Waals surface area contributed by atoms with Crippen molar-refractivity contribution in [2.24, 2.45) is 7.05 Å². The Kier molecular flexibility index (Phi) is 7.00. The van der Waals surface area contributed by atoms with E-state index >= 15 is 0 Å². The number of methoxy groups -OCH3 is 1. The summed E-state index contributed by atoms with van der Waals surface area (Å²) < 4.78 is 89.2. The maximum atomic E-state index is 13.6. The van der Waals surface area contributed by atoms with Crippen LogP contribution in [0.1, 0.15) is 41.4 Å². The van der Waals surface area contributed by atoms with E-state index in [1.165, 1.54) is 29.5 Å². The fourth-order valence-electron chi connectivity index (χ4n) is 5.24. The second-order valence-corrected chi connectivity index (χ2v) is 10.8. The smallest absolute Gasteiger partial charge is 0.434 e. The quantitative estimate of drug-likeness (QED) is 0.226. The van der Waals surface area contributed by atoms with Gasteiger partial charge in [0.25, 0.3) is 0 Å². The summed E-state index contributed by atoms with van der Waals surface area (Å²) in [7, 11) is 2.96. The number of hydrogen-bond donors (Lipinski definition) is 1. The summed E-state index contributed by atoms with van der Waals surface area (Å²) >= 11 is 0. The van der Waals surface area contributed by atoms with Gasteiger partial charge < -0.3 is 9.30 Å². The van der Waals surface area contributed by atoms with Gasteiger partial charge in [0.05, 0.1) is 31.1 Å². The molecular weight excluding hydrogens is 590 g/mol. The average Bonchev–Trinajstić information content (AvgIpc) is 3.68. The van der Waals surface area contributed by atoms with Crippen LogP contribution in [0.2, 0.25) is 0 Å². The highest BCUT2D eigenvalue weighted by Crippen LogP contribution is 2.46. The van der Waals surface area contributed by atoms with E-state index in [9.17, 15) is 26.3 Å². The van der Waals surface area contributed by atoms with Crippen LogP contribution in [0.4, 0.5) is 26.3 Å². The number of aromatic nitrogens is 7. The molecule has 0 radical (unpaired) electrons. The molecule has 44 heavy (non-hydrogen) atoms. The molecule has 1 fully saturated rings. The topological polar surface area (TPSA) is 99.4 Å². The summed E-state index contributed by atoms with van der Waals surface area (Å²) in [5, 5.41) is 8.67. The first-order valence-corrected chi connectivity index (χ1v) is 13.6. The molecule has 15 heteroatoms. The zero-order chi connectivity index (χ0) is 31.6. The van der Waals surface area contributed by atoms with Crippen LogP contribution >= 0.6 is 0 Å². The Balaban J connectivity index is 1.44. The van der Waals surface area contributed by atoms with Gasteiger partial charge in [-0.25, -0.2) is 15.0 Å². The minimum absolute atomic E-state index is 0.0207. The number of rotatable bonds is 7. The number of hydrogen-bond acceptors (Lipinski definition) is 6. The third-order valence-electron chi connectivity index (χ3n) is 7.41. The van der Waals surface area contributed by atoms with E-state index in [2.05, 4.69) is 19.9 Å². The Morgan fingerprint density at radius 3 is 2.30 bits per heavy atom. The fraction of sp³-hybridized carbons (Fsp3) is 0.345. The van der Waals surface area contributed by atoms with E-state index in [-0.39, 0.29) is 35.3 Å². The van der Waals surface area contributed by atoms with Gasteiger partial charge in [0, 0.05) is 36.5 Å². The highest BCUT2D eigenvalue weighted by atomic mass is 19.4. The standard InChI is InChI=1S/C29H26F6N8O/c1-15-10-20(44-3)22(23(38-15)17-8-9-17)24-37-11-19-26(40-24)42(27(36)43(19)14-28(30,31)32)12-16-4-6-18(7-5-16)25-39-21(13-41(25)2)29(33,34)35/h4-7,10-11,13,17,36H,8-9,12,14H2,1-3H3. The number of nitrogens with one attached hydrogen (secondary N) is 1. The lowest BCUT2D eigenvalue weighted by Crippen LogP contribution is -2.30. The van der Waals surface area contributed by atoms with Crippen molar-refractivity contribution in [2.45, 2.75) is 51.1 Å². The number of imidazole rings is 2. The Morgan fingerprint density at radius 1 is 1.00 bits per heavy atom. The first-order valence-electron chi connectivity index (χ1n) is 13.6. The molecule has 0 bridgehead atoms. The molecule has 5 aromatic rings. The fourth-order valence-corrected chi connectivity index (χ4v) is 5.24. The molecule has 1 aromatic carbocycles. The van der Waals surface area contributed by atoms with Crippen LogP contribution in [0.25, 0.3) is 33.9 Å². The Labute approximate surface area is 246 Å². The predicted octanol–water partition coefficient (Wildman–Crippen LogP) is 6.00. The molecule has 1 aliphatic rings. The van der Waals surface area contributed by atoms with Gasteiger partial charge in [0.2, 0.25) is 5.62 Å². The van der Waals surface area contributed by atoms with Crippen LogP contribution in [-0.2, 0) is 26.3 Å². The molecule has 0 unspecified atom stereocenters. The highest BCUT2D eigenvalue weighted by Gasteiger charge is 2.35. The molecule has 0 spiro atoms.